The molecule has 3 rings (SSSR count). The van der Waals surface area contributed by atoms with Gasteiger partial charge in [-0.1, -0.05) is 57.1 Å². The summed E-state index contributed by atoms with van der Waals surface area (Å²) in [6.07, 6.45) is 10.2. The second kappa shape index (κ2) is 12.7. The lowest BCUT2D eigenvalue weighted by atomic mass is 9.86. The van der Waals surface area contributed by atoms with E-state index in [0.29, 0.717) is 18.6 Å². The minimum atomic E-state index is -3.81. The van der Waals surface area contributed by atoms with Gasteiger partial charge in [0.05, 0.1) is 12.9 Å². The van der Waals surface area contributed by atoms with Gasteiger partial charge in [0.2, 0.25) is 5.91 Å². The Morgan fingerprint density at radius 3 is 2.12 bits per heavy atom. The molecule has 8 heteroatoms. The Balaban J connectivity index is 1.76. The van der Waals surface area contributed by atoms with Crippen molar-refractivity contribution < 1.29 is 22.7 Å². The van der Waals surface area contributed by atoms with Crippen LogP contribution in [0.25, 0.3) is 0 Å². The van der Waals surface area contributed by atoms with Gasteiger partial charge in [0, 0.05) is 12.5 Å². The standard InChI is InChI=1S/C26H40N2O5S/c1-33-22-15-13-19(14-16-22)17-28-26(30)23(24(29)21-11-7-2-3-8-12-21)25(27)34(31,32)18-20-9-5-4-6-10-20/h13-16,20-21,23,25H,2-12,17-18,27H2,1H3,(H,28,30)/t23-,25?/m0/s1. The smallest absolute Gasteiger partial charge is 0.233 e. The van der Waals surface area contributed by atoms with Crippen LogP contribution in [0.15, 0.2) is 24.3 Å². The van der Waals surface area contributed by atoms with Gasteiger partial charge < -0.3 is 15.8 Å². The number of carbonyl (C=O) groups is 2. The first kappa shape index (κ1) is 26.7. The van der Waals surface area contributed by atoms with E-state index in [1.807, 2.05) is 12.1 Å². The third kappa shape index (κ3) is 7.28. The molecule has 7 nitrogen and oxygen atoms in total. The molecule has 34 heavy (non-hydrogen) atoms. The Bertz CT molecular complexity index is 902. The molecule has 1 amide bonds. The molecule has 2 aliphatic rings. The molecule has 2 fully saturated rings. The summed E-state index contributed by atoms with van der Waals surface area (Å²) >= 11 is 0. The maximum atomic E-state index is 13.5. The minimum absolute atomic E-state index is 0.0472. The number of amides is 1. The van der Waals surface area contributed by atoms with Gasteiger partial charge in [0.25, 0.3) is 0 Å². The number of benzene rings is 1. The lowest BCUT2D eigenvalue weighted by Gasteiger charge is -2.28. The number of Topliss-reactive ketones (excluding diaryl/α,β-unsaturated/α-hetero) is 1. The summed E-state index contributed by atoms with van der Waals surface area (Å²) in [7, 11) is -2.23. The number of methoxy groups -OCH3 is 1. The van der Waals surface area contributed by atoms with Crippen LogP contribution < -0.4 is 15.8 Å². The highest BCUT2D eigenvalue weighted by atomic mass is 32.2. The highest BCUT2D eigenvalue weighted by Gasteiger charge is 2.43. The van der Waals surface area contributed by atoms with Crippen molar-refractivity contribution in [1.29, 1.82) is 0 Å². The Labute approximate surface area is 204 Å². The van der Waals surface area contributed by atoms with Gasteiger partial charge in [-0.3, -0.25) is 9.59 Å². The molecule has 1 unspecified atom stereocenters. The van der Waals surface area contributed by atoms with Crippen LogP contribution in [0.4, 0.5) is 0 Å². The largest absolute Gasteiger partial charge is 0.497 e. The Morgan fingerprint density at radius 2 is 1.53 bits per heavy atom. The van der Waals surface area contributed by atoms with E-state index in [9.17, 15) is 18.0 Å². The summed E-state index contributed by atoms with van der Waals surface area (Å²) in [5.41, 5.74) is 7.11. The number of ketones is 1. The van der Waals surface area contributed by atoms with Crippen molar-refractivity contribution in [2.24, 2.45) is 23.5 Å². The first-order valence-corrected chi connectivity index (χ1v) is 14.4. The van der Waals surface area contributed by atoms with E-state index >= 15 is 0 Å². The summed E-state index contributed by atoms with van der Waals surface area (Å²) in [5.74, 6) is -1.88. The Morgan fingerprint density at radius 1 is 0.971 bits per heavy atom. The summed E-state index contributed by atoms with van der Waals surface area (Å²) in [6, 6.07) is 7.22. The third-order valence-electron chi connectivity index (χ3n) is 7.41. The average Bonchev–Trinajstić information content (AvgIpc) is 3.13. The van der Waals surface area contributed by atoms with Crippen molar-refractivity contribution in [1.82, 2.24) is 5.32 Å². The number of rotatable bonds is 10. The van der Waals surface area contributed by atoms with E-state index in [1.165, 1.54) is 0 Å². The van der Waals surface area contributed by atoms with Gasteiger partial charge in [-0.05, 0) is 49.3 Å². The van der Waals surface area contributed by atoms with Crippen LogP contribution in [0.2, 0.25) is 0 Å². The van der Waals surface area contributed by atoms with E-state index in [-0.39, 0.29) is 29.9 Å². The van der Waals surface area contributed by atoms with Crippen LogP contribution in [0.3, 0.4) is 0 Å². The van der Waals surface area contributed by atoms with Gasteiger partial charge >= 0.3 is 0 Å². The molecule has 1 aromatic rings. The molecule has 0 saturated heterocycles. The summed E-state index contributed by atoms with van der Waals surface area (Å²) in [5, 5.41) is 1.27. The number of sulfone groups is 1. The van der Waals surface area contributed by atoms with E-state index in [1.54, 1.807) is 19.2 Å². The third-order valence-corrected chi connectivity index (χ3v) is 9.45. The molecule has 0 bridgehead atoms. The number of nitrogens with one attached hydrogen (secondary N) is 1. The maximum absolute atomic E-state index is 13.5. The topological polar surface area (TPSA) is 116 Å². The van der Waals surface area contributed by atoms with Crippen molar-refractivity contribution in [2.75, 3.05) is 12.9 Å². The van der Waals surface area contributed by atoms with Crippen LogP contribution in [-0.2, 0) is 26.0 Å². The van der Waals surface area contributed by atoms with Crippen molar-refractivity contribution in [3.63, 3.8) is 0 Å². The van der Waals surface area contributed by atoms with Crippen LogP contribution in [-0.4, -0.2) is 38.3 Å². The molecule has 2 saturated carbocycles. The predicted octanol–water partition coefficient (Wildman–Crippen LogP) is 3.75. The first-order chi connectivity index (χ1) is 16.3. The highest BCUT2D eigenvalue weighted by molar-refractivity contribution is 7.92. The zero-order valence-corrected chi connectivity index (χ0v) is 21.2. The van der Waals surface area contributed by atoms with Crippen molar-refractivity contribution in [3.8, 4) is 5.75 Å². The second-order valence-corrected chi connectivity index (χ2v) is 12.1. The number of ether oxygens (including phenoxy) is 1. The van der Waals surface area contributed by atoms with Gasteiger partial charge in [0.1, 0.15) is 17.0 Å². The minimum Gasteiger partial charge on any atom is -0.497 e. The molecule has 0 aromatic heterocycles. The predicted molar refractivity (Wildman–Crippen MR) is 133 cm³/mol. The number of carbonyl (C=O) groups excluding carboxylic acids is 2. The monoisotopic (exact) mass is 492 g/mol. The molecule has 2 atom stereocenters. The fraction of sp³-hybridized carbons (Fsp3) is 0.692. The highest BCUT2D eigenvalue weighted by Crippen LogP contribution is 2.30. The molecular weight excluding hydrogens is 452 g/mol. The quantitative estimate of drug-likeness (QED) is 0.380. The Kier molecular flexibility index (Phi) is 9.95. The molecule has 0 spiro atoms. The second-order valence-electron chi connectivity index (χ2n) is 9.93. The van der Waals surface area contributed by atoms with Crippen molar-refractivity contribution >= 4 is 21.5 Å². The lowest BCUT2D eigenvalue weighted by molar-refractivity contribution is -0.136. The molecule has 0 aliphatic heterocycles. The number of hydrogen-bond donors (Lipinski definition) is 2. The Hall–Kier alpha value is -1.93. The molecule has 0 radical (unpaired) electrons. The SMILES string of the molecule is COc1ccc(CNC(=O)[C@@H](C(=O)C2CCCCCC2)C(N)S(=O)(=O)CC2CCCCC2)cc1. The molecule has 0 heterocycles. The zero-order valence-electron chi connectivity index (χ0n) is 20.3. The fourth-order valence-electron chi connectivity index (χ4n) is 5.30. The van der Waals surface area contributed by atoms with Crippen LogP contribution >= 0.6 is 0 Å². The van der Waals surface area contributed by atoms with Gasteiger partial charge in [0.15, 0.2) is 15.6 Å². The summed E-state index contributed by atoms with van der Waals surface area (Å²) in [6.45, 7) is 0.187. The first-order valence-electron chi connectivity index (χ1n) is 12.7. The van der Waals surface area contributed by atoms with Crippen LogP contribution in [0.5, 0.6) is 5.75 Å². The van der Waals surface area contributed by atoms with Crippen LogP contribution in [0, 0.1) is 17.8 Å². The number of nitrogens with two attached hydrogens (primary N) is 1. The van der Waals surface area contributed by atoms with Gasteiger partial charge in [-0.2, -0.15) is 0 Å². The summed E-state index contributed by atoms with van der Waals surface area (Å²) in [4.78, 5) is 26.8. The summed E-state index contributed by atoms with van der Waals surface area (Å²) < 4.78 is 31.7. The van der Waals surface area contributed by atoms with E-state index in [2.05, 4.69) is 5.32 Å². The maximum Gasteiger partial charge on any atom is 0.233 e. The van der Waals surface area contributed by atoms with Gasteiger partial charge in [-0.15, -0.1) is 0 Å². The van der Waals surface area contributed by atoms with Crippen LogP contribution in [0.1, 0.15) is 76.2 Å². The molecule has 1 aromatic carbocycles. The van der Waals surface area contributed by atoms with Crippen molar-refractivity contribution in [2.45, 2.75) is 82.5 Å². The zero-order chi connectivity index (χ0) is 24.6. The average molecular weight is 493 g/mol. The van der Waals surface area contributed by atoms with E-state index in [0.717, 1.165) is 63.4 Å². The molecule has 2 aliphatic carbocycles. The molecular formula is C26H40N2O5S. The van der Waals surface area contributed by atoms with Gasteiger partial charge in [-0.25, -0.2) is 8.42 Å². The normalized spacial score (nSPS) is 20.2. The number of hydrogen-bond acceptors (Lipinski definition) is 6. The molecule has 190 valence electrons. The molecule has 3 N–H and O–H groups in total. The van der Waals surface area contributed by atoms with Crippen molar-refractivity contribution in [3.05, 3.63) is 29.8 Å². The van der Waals surface area contributed by atoms with E-state index in [4.69, 9.17) is 10.5 Å². The lowest BCUT2D eigenvalue weighted by Crippen LogP contribution is -2.52. The fourth-order valence-corrected chi connectivity index (χ4v) is 7.19. The van der Waals surface area contributed by atoms with E-state index < -0.39 is 27.0 Å².